The zero-order valence-electron chi connectivity index (χ0n) is 17.6. The number of amides is 2. The van der Waals surface area contributed by atoms with Gasteiger partial charge in [-0.25, -0.2) is 8.42 Å². The average Bonchev–Trinajstić information content (AvgIpc) is 3.06. The fourth-order valence-electron chi connectivity index (χ4n) is 3.66. The molecular weight excluding hydrogens is 445 g/mol. The summed E-state index contributed by atoms with van der Waals surface area (Å²) in [6, 6.07) is 8.41. The Morgan fingerprint density at radius 2 is 1.78 bits per heavy atom. The number of alkyl halides is 3. The predicted octanol–water partition coefficient (Wildman–Crippen LogP) is 4.20. The molecule has 0 spiro atoms. The number of benzene rings is 2. The molecule has 0 unspecified atom stereocenters. The van der Waals surface area contributed by atoms with Crippen molar-refractivity contribution >= 4 is 33.0 Å². The lowest BCUT2D eigenvalue weighted by Crippen LogP contribution is -2.35. The lowest BCUT2D eigenvalue weighted by atomic mass is 10.1. The van der Waals surface area contributed by atoms with Crippen molar-refractivity contribution in [3.63, 3.8) is 0 Å². The largest absolute Gasteiger partial charge is 0.416 e. The first kappa shape index (κ1) is 23.8. The van der Waals surface area contributed by atoms with Gasteiger partial charge in [0.1, 0.15) is 0 Å². The van der Waals surface area contributed by atoms with Gasteiger partial charge < -0.3 is 10.2 Å². The Morgan fingerprint density at radius 3 is 2.38 bits per heavy atom. The molecule has 10 heteroatoms. The second-order valence-corrected chi connectivity index (χ2v) is 9.76. The molecule has 2 aromatic rings. The Kier molecular flexibility index (Phi) is 6.64. The summed E-state index contributed by atoms with van der Waals surface area (Å²) in [4.78, 5) is 26.0. The summed E-state index contributed by atoms with van der Waals surface area (Å²) >= 11 is 0. The van der Waals surface area contributed by atoms with Crippen molar-refractivity contribution in [1.29, 1.82) is 0 Å². The Balaban J connectivity index is 1.65. The van der Waals surface area contributed by atoms with E-state index in [2.05, 4.69) is 5.32 Å². The molecule has 1 N–H and O–H groups in total. The molecule has 172 valence electrons. The van der Waals surface area contributed by atoms with Crippen LogP contribution in [0.15, 0.2) is 47.4 Å². The monoisotopic (exact) mass is 468 g/mol. The van der Waals surface area contributed by atoms with E-state index in [1.807, 2.05) is 6.92 Å². The van der Waals surface area contributed by atoms with E-state index >= 15 is 0 Å². The maximum atomic E-state index is 12.7. The van der Waals surface area contributed by atoms with Crippen LogP contribution in [0, 0.1) is 0 Å². The third-order valence-corrected chi connectivity index (χ3v) is 7.00. The van der Waals surface area contributed by atoms with Gasteiger partial charge in [0, 0.05) is 30.3 Å². The first-order valence-corrected chi connectivity index (χ1v) is 11.7. The smallest absolute Gasteiger partial charge is 0.326 e. The van der Waals surface area contributed by atoms with Crippen LogP contribution in [0.4, 0.5) is 24.5 Å². The summed E-state index contributed by atoms with van der Waals surface area (Å²) in [5.41, 5.74) is 0.758. The Labute approximate surface area is 184 Å². The predicted molar refractivity (Wildman–Crippen MR) is 114 cm³/mol. The Hall–Kier alpha value is -2.88. The van der Waals surface area contributed by atoms with Crippen molar-refractivity contribution in [3.05, 3.63) is 53.6 Å². The number of halogens is 3. The Bertz CT molecular complexity index is 1130. The molecular formula is C22H23F3N2O4S. The van der Waals surface area contributed by atoms with Crippen LogP contribution in [-0.4, -0.2) is 32.0 Å². The molecule has 1 atom stereocenters. The number of rotatable bonds is 6. The van der Waals surface area contributed by atoms with E-state index in [-0.39, 0.29) is 29.0 Å². The second-order valence-electron chi connectivity index (χ2n) is 7.65. The van der Waals surface area contributed by atoms with Crippen molar-refractivity contribution in [2.75, 3.05) is 16.0 Å². The van der Waals surface area contributed by atoms with Crippen LogP contribution in [0.2, 0.25) is 0 Å². The summed E-state index contributed by atoms with van der Waals surface area (Å²) in [5, 5.41) is 2.40. The van der Waals surface area contributed by atoms with Gasteiger partial charge in [-0.3, -0.25) is 9.59 Å². The fraction of sp³-hybridized carbons (Fsp3) is 0.364. The highest BCUT2D eigenvalue weighted by Crippen LogP contribution is 2.34. The molecule has 0 aromatic heterocycles. The summed E-state index contributed by atoms with van der Waals surface area (Å²) < 4.78 is 63.2. The molecule has 3 rings (SSSR count). The number of sulfone groups is 1. The van der Waals surface area contributed by atoms with Gasteiger partial charge in [-0.05, 0) is 61.4 Å². The molecule has 0 radical (unpaired) electrons. The number of carbonyl (C=O) groups is 2. The van der Waals surface area contributed by atoms with E-state index in [0.29, 0.717) is 18.5 Å². The van der Waals surface area contributed by atoms with Gasteiger partial charge in [0.25, 0.3) is 0 Å². The van der Waals surface area contributed by atoms with Crippen molar-refractivity contribution < 1.29 is 31.2 Å². The van der Waals surface area contributed by atoms with E-state index < -0.39 is 33.2 Å². The van der Waals surface area contributed by atoms with Crippen molar-refractivity contribution in [2.24, 2.45) is 0 Å². The quantitative estimate of drug-likeness (QED) is 0.689. The molecule has 32 heavy (non-hydrogen) atoms. The summed E-state index contributed by atoms with van der Waals surface area (Å²) in [5.74, 6) is -1.11. The highest BCUT2D eigenvalue weighted by Gasteiger charge is 2.32. The lowest BCUT2D eigenvalue weighted by molar-refractivity contribution is -0.137. The standard InChI is InChI=1S/C22H23F3N2O4S/c1-3-21(29)27-14(2)12-15-13-18(8-9-19(15)27)32(30,31)11-10-20(28)26-17-6-4-16(5-7-17)22(23,24)25/h4-9,13-14H,3,10-12H2,1-2H3,(H,26,28)/t14-/m0/s1. The highest BCUT2D eigenvalue weighted by molar-refractivity contribution is 7.91. The SMILES string of the molecule is CCC(=O)N1c2ccc(S(=O)(=O)CCC(=O)Nc3ccc(C(F)(F)F)cc3)cc2C[C@@H]1C. The topological polar surface area (TPSA) is 83.6 Å². The summed E-state index contributed by atoms with van der Waals surface area (Å²) in [7, 11) is -3.77. The number of nitrogens with one attached hydrogen (secondary N) is 1. The first-order chi connectivity index (χ1) is 14.9. The van der Waals surface area contributed by atoms with Crippen LogP contribution in [0.3, 0.4) is 0 Å². The van der Waals surface area contributed by atoms with Gasteiger partial charge in [0.15, 0.2) is 9.84 Å². The van der Waals surface area contributed by atoms with Gasteiger partial charge >= 0.3 is 6.18 Å². The maximum Gasteiger partial charge on any atom is 0.416 e. The molecule has 0 bridgehead atoms. The van der Waals surface area contributed by atoms with Gasteiger partial charge in [-0.2, -0.15) is 13.2 Å². The first-order valence-electron chi connectivity index (χ1n) is 10.1. The third-order valence-electron chi connectivity index (χ3n) is 5.29. The van der Waals surface area contributed by atoms with Crippen LogP contribution in [0.5, 0.6) is 0 Å². The highest BCUT2D eigenvalue weighted by atomic mass is 32.2. The van der Waals surface area contributed by atoms with E-state index in [0.717, 1.165) is 29.8 Å². The Morgan fingerprint density at radius 1 is 1.12 bits per heavy atom. The molecule has 0 aliphatic carbocycles. The van der Waals surface area contributed by atoms with Crippen LogP contribution < -0.4 is 10.2 Å². The van der Waals surface area contributed by atoms with Gasteiger partial charge in [-0.15, -0.1) is 0 Å². The number of hydrogen-bond donors (Lipinski definition) is 1. The minimum atomic E-state index is -4.48. The molecule has 0 saturated carbocycles. The maximum absolute atomic E-state index is 12.7. The summed E-state index contributed by atoms with van der Waals surface area (Å²) in [6.45, 7) is 3.66. The normalized spacial score (nSPS) is 16.0. The molecule has 2 aromatic carbocycles. The number of fused-ring (bicyclic) bond motifs is 1. The zero-order chi connectivity index (χ0) is 23.7. The van der Waals surface area contributed by atoms with Crippen LogP contribution in [0.1, 0.15) is 37.8 Å². The molecule has 0 fully saturated rings. The molecule has 1 aliphatic heterocycles. The van der Waals surface area contributed by atoms with Crippen LogP contribution in [-0.2, 0) is 32.0 Å². The van der Waals surface area contributed by atoms with E-state index in [1.54, 1.807) is 17.9 Å². The fourth-order valence-corrected chi connectivity index (χ4v) is 4.95. The molecule has 2 amide bonds. The molecule has 1 heterocycles. The molecule has 1 aliphatic rings. The number of anilines is 2. The van der Waals surface area contributed by atoms with E-state index in [4.69, 9.17) is 0 Å². The van der Waals surface area contributed by atoms with Gasteiger partial charge in [0.2, 0.25) is 11.8 Å². The van der Waals surface area contributed by atoms with E-state index in [1.165, 1.54) is 12.1 Å². The number of hydrogen-bond acceptors (Lipinski definition) is 4. The van der Waals surface area contributed by atoms with Crippen LogP contribution in [0.25, 0.3) is 0 Å². The average molecular weight is 468 g/mol. The number of nitrogens with zero attached hydrogens (tertiary/aromatic N) is 1. The van der Waals surface area contributed by atoms with Gasteiger partial charge in [0.05, 0.1) is 16.2 Å². The zero-order valence-corrected chi connectivity index (χ0v) is 18.4. The third kappa shape index (κ3) is 5.12. The summed E-state index contributed by atoms with van der Waals surface area (Å²) in [6.07, 6.45) is -3.95. The molecule has 6 nitrogen and oxygen atoms in total. The molecule has 0 saturated heterocycles. The van der Waals surface area contributed by atoms with Crippen molar-refractivity contribution in [3.8, 4) is 0 Å². The van der Waals surface area contributed by atoms with Crippen molar-refractivity contribution in [1.82, 2.24) is 0 Å². The van der Waals surface area contributed by atoms with Gasteiger partial charge in [-0.1, -0.05) is 6.92 Å². The second kappa shape index (κ2) is 8.93. The minimum absolute atomic E-state index is 0.0354. The van der Waals surface area contributed by atoms with Crippen LogP contribution >= 0.6 is 0 Å². The number of carbonyl (C=O) groups excluding carboxylic acids is 2. The van der Waals surface area contributed by atoms with Crippen molar-refractivity contribution in [2.45, 2.75) is 50.2 Å². The minimum Gasteiger partial charge on any atom is -0.326 e. The van der Waals surface area contributed by atoms with E-state index in [9.17, 15) is 31.2 Å². The lowest BCUT2D eigenvalue weighted by Gasteiger charge is -2.22.